The lowest BCUT2D eigenvalue weighted by molar-refractivity contribution is 0.122. The molecule has 3 N–H and O–H groups in total. The van der Waals surface area contributed by atoms with Gasteiger partial charge in [-0.15, -0.1) is 0 Å². The van der Waals surface area contributed by atoms with E-state index in [1.54, 1.807) is 0 Å². The number of aromatic nitrogens is 3. The van der Waals surface area contributed by atoms with Gasteiger partial charge in [-0.3, -0.25) is 5.10 Å². The van der Waals surface area contributed by atoms with Crippen LogP contribution in [0.2, 0.25) is 0 Å². The minimum absolute atomic E-state index is 0.379. The van der Waals surface area contributed by atoms with Gasteiger partial charge in [0.1, 0.15) is 22.7 Å². The number of amidine groups is 1. The molecule has 2 aliphatic heterocycles. The topological polar surface area (TPSA) is 98.9 Å². The van der Waals surface area contributed by atoms with Crippen LogP contribution < -0.4 is 15.5 Å². The minimum atomic E-state index is 0.379. The van der Waals surface area contributed by atoms with Gasteiger partial charge in [-0.05, 0) is 37.4 Å². The number of hydrogen-bond acceptors (Lipinski definition) is 7. The van der Waals surface area contributed by atoms with E-state index in [2.05, 4.69) is 56.2 Å². The van der Waals surface area contributed by atoms with Crippen LogP contribution >= 0.6 is 0 Å². The maximum atomic E-state index is 6.57. The molecule has 6 rings (SSSR count). The molecule has 9 heteroatoms. The van der Waals surface area contributed by atoms with E-state index in [-0.39, 0.29) is 0 Å². The molecule has 0 saturated carbocycles. The van der Waals surface area contributed by atoms with Gasteiger partial charge >= 0.3 is 0 Å². The van der Waals surface area contributed by atoms with E-state index in [0.29, 0.717) is 24.7 Å². The highest BCUT2D eigenvalue weighted by Gasteiger charge is 2.21. The van der Waals surface area contributed by atoms with Gasteiger partial charge in [0.2, 0.25) is 0 Å². The van der Waals surface area contributed by atoms with Gasteiger partial charge in [-0.2, -0.15) is 5.10 Å². The summed E-state index contributed by atoms with van der Waals surface area (Å²) in [6, 6.07) is 20.4. The zero-order valence-electron chi connectivity index (χ0n) is 21.1. The van der Waals surface area contributed by atoms with Crippen molar-refractivity contribution < 1.29 is 4.74 Å². The Kier molecular flexibility index (Phi) is 6.46. The first-order valence-corrected chi connectivity index (χ1v) is 12.8. The first kappa shape index (κ1) is 23.4. The average molecular weight is 497 g/mol. The van der Waals surface area contributed by atoms with E-state index in [4.69, 9.17) is 20.4 Å². The molecule has 0 spiro atoms. The maximum absolute atomic E-state index is 6.57. The lowest BCUT2D eigenvalue weighted by atomic mass is 10.1. The summed E-state index contributed by atoms with van der Waals surface area (Å²) in [5.74, 6) is 1.21. The molecule has 0 unspecified atom stereocenters. The van der Waals surface area contributed by atoms with Crippen LogP contribution in [0.1, 0.15) is 5.69 Å². The number of nitrogens with two attached hydrogens (primary N) is 1. The van der Waals surface area contributed by atoms with Crippen LogP contribution in [0.5, 0.6) is 0 Å². The molecule has 2 saturated heterocycles. The number of nitrogens with zero attached hydrogens (tertiary/aromatic N) is 6. The predicted octanol–water partition coefficient (Wildman–Crippen LogP) is 3.25. The number of piperazine rings is 1. The van der Waals surface area contributed by atoms with Gasteiger partial charge in [0.15, 0.2) is 5.82 Å². The Labute approximate surface area is 216 Å². The molecule has 0 amide bonds. The van der Waals surface area contributed by atoms with E-state index < -0.39 is 0 Å². The fourth-order valence-electron chi connectivity index (χ4n) is 4.95. The Balaban J connectivity index is 1.35. The Morgan fingerprint density at radius 1 is 0.919 bits per heavy atom. The number of morpholine rings is 1. The number of aliphatic imine (C=N–C) groups is 1. The fraction of sp³-hybridized carbons (Fsp3) is 0.321. The summed E-state index contributed by atoms with van der Waals surface area (Å²) in [7, 11) is 2.17. The van der Waals surface area contributed by atoms with Crippen molar-refractivity contribution in [2.24, 2.45) is 10.7 Å². The average Bonchev–Trinajstić information content (AvgIpc) is 3.38. The third kappa shape index (κ3) is 4.87. The number of anilines is 2. The molecule has 0 atom stereocenters. The quantitative estimate of drug-likeness (QED) is 0.323. The Morgan fingerprint density at radius 3 is 2.38 bits per heavy atom. The Bertz CT molecular complexity index is 1390. The summed E-state index contributed by atoms with van der Waals surface area (Å²) in [4.78, 5) is 16.7. The molecular weight excluding hydrogens is 464 g/mol. The molecular formula is C28H32N8O. The molecule has 2 fully saturated rings. The van der Waals surface area contributed by atoms with Crippen LogP contribution in [0.4, 0.5) is 17.2 Å². The zero-order valence-corrected chi connectivity index (χ0v) is 21.1. The lowest BCUT2D eigenvalue weighted by Gasteiger charge is -2.34. The number of ether oxygens (including phenoxy) is 1. The number of rotatable bonds is 5. The molecule has 37 heavy (non-hydrogen) atoms. The van der Waals surface area contributed by atoms with Gasteiger partial charge in [0.25, 0.3) is 0 Å². The third-order valence-corrected chi connectivity index (χ3v) is 7.12. The molecule has 2 aromatic carbocycles. The smallest absolute Gasteiger partial charge is 0.155 e. The number of benzene rings is 2. The first-order chi connectivity index (χ1) is 18.2. The number of pyridine rings is 1. The molecule has 4 heterocycles. The number of hydrogen-bond donors (Lipinski definition) is 2. The normalized spacial score (nSPS) is 17.5. The van der Waals surface area contributed by atoms with Crippen molar-refractivity contribution in [2.45, 2.75) is 0 Å². The van der Waals surface area contributed by atoms with Crippen LogP contribution in [0.25, 0.3) is 22.2 Å². The lowest BCUT2D eigenvalue weighted by Crippen LogP contribution is -2.44. The zero-order chi connectivity index (χ0) is 25.2. The van der Waals surface area contributed by atoms with Crippen molar-refractivity contribution in [2.75, 3.05) is 69.3 Å². The summed E-state index contributed by atoms with van der Waals surface area (Å²) in [5.41, 5.74) is 12.0. The Hall–Kier alpha value is -3.95. The van der Waals surface area contributed by atoms with Crippen LogP contribution in [0, 0.1) is 0 Å². The van der Waals surface area contributed by atoms with Crippen LogP contribution in [-0.2, 0) is 4.74 Å². The Morgan fingerprint density at radius 2 is 1.65 bits per heavy atom. The second kappa shape index (κ2) is 10.2. The summed E-state index contributed by atoms with van der Waals surface area (Å²) in [5, 5.41) is 8.85. The van der Waals surface area contributed by atoms with Crippen LogP contribution in [0.15, 0.2) is 65.7 Å². The number of fused-ring (bicyclic) bond motifs is 1. The summed E-state index contributed by atoms with van der Waals surface area (Å²) >= 11 is 0. The van der Waals surface area contributed by atoms with Crippen molar-refractivity contribution in [1.29, 1.82) is 0 Å². The van der Waals surface area contributed by atoms with Gasteiger partial charge in [-0.25, -0.2) is 9.98 Å². The first-order valence-electron chi connectivity index (χ1n) is 12.8. The van der Waals surface area contributed by atoms with Crippen molar-refractivity contribution in [3.05, 3.63) is 66.4 Å². The second-order valence-electron chi connectivity index (χ2n) is 9.60. The fourth-order valence-corrected chi connectivity index (χ4v) is 4.95. The van der Waals surface area contributed by atoms with Gasteiger partial charge < -0.3 is 25.2 Å². The molecule has 2 aliphatic rings. The van der Waals surface area contributed by atoms with E-state index in [1.165, 1.54) is 5.69 Å². The van der Waals surface area contributed by atoms with Gasteiger partial charge in [-0.1, -0.05) is 30.3 Å². The molecule has 9 nitrogen and oxygen atoms in total. The van der Waals surface area contributed by atoms with Crippen LogP contribution in [-0.4, -0.2) is 85.4 Å². The molecule has 0 bridgehead atoms. The van der Waals surface area contributed by atoms with Gasteiger partial charge in [0, 0.05) is 55.9 Å². The maximum Gasteiger partial charge on any atom is 0.155 e. The number of H-pyrrole nitrogens is 1. The van der Waals surface area contributed by atoms with Crippen molar-refractivity contribution in [1.82, 2.24) is 20.1 Å². The SMILES string of the molecule is CN1CCN(c2ccc(N=C(N)c3cc4c(-c5ccccc5)n[nH]c4c(N4CCOCC4)n3)cc2)CC1. The van der Waals surface area contributed by atoms with Gasteiger partial charge in [0.05, 0.1) is 18.9 Å². The van der Waals surface area contributed by atoms with E-state index in [1.807, 2.05) is 36.4 Å². The second-order valence-corrected chi connectivity index (χ2v) is 9.60. The molecule has 2 aromatic heterocycles. The summed E-state index contributed by atoms with van der Waals surface area (Å²) in [6.45, 7) is 7.06. The van der Waals surface area contributed by atoms with Crippen molar-refractivity contribution in [3.8, 4) is 11.3 Å². The molecule has 190 valence electrons. The number of aromatic amines is 1. The summed E-state index contributed by atoms with van der Waals surface area (Å²) in [6.07, 6.45) is 0. The standard InChI is InChI=1S/C28H32N8O/c1-34-11-13-35(14-12-34)22-9-7-21(8-10-22)30-27(29)24-19-23-25(20-5-3-2-4-6-20)32-33-26(23)28(31-24)36-15-17-37-18-16-36/h2-10,19H,11-18H2,1H3,(H2,29,30)(H,32,33). The van der Waals surface area contributed by atoms with E-state index in [0.717, 1.165) is 72.9 Å². The van der Waals surface area contributed by atoms with Crippen molar-refractivity contribution in [3.63, 3.8) is 0 Å². The third-order valence-electron chi connectivity index (χ3n) is 7.12. The largest absolute Gasteiger partial charge is 0.382 e. The predicted molar refractivity (Wildman–Crippen MR) is 149 cm³/mol. The molecule has 0 aliphatic carbocycles. The monoisotopic (exact) mass is 496 g/mol. The minimum Gasteiger partial charge on any atom is -0.382 e. The van der Waals surface area contributed by atoms with Crippen molar-refractivity contribution >= 4 is 33.9 Å². The molecule has 0 radical (unpaired) electrons. The molecule has 4 aromatic rings. The summed E-state index contributed by atoms with van der Waals surface area (Å²) < 4.78 is 5.57. The number of likely N-dealkylation sites (N-methyl/N-ethyl adjacent to an activating group) is 1. The van der Waals surface area contributed by atoms with E-state index >= 15 is 0 Å². The highest BCUT2D eigenvalue weighted by Crippen LogP contribution is 2.32. The highest BCUT2D eigenvalue weighted by molar-refractivity contribution is 6.05. The van der Waals surface area contributed by atoms with E-state index in [9.17, 15) is 0 Å². The number of nitrogens with one attached hydrogen (secondary N) is 1. The highest BCUT2D eigenvalue weighted by atomic mass is 16.5. The van der Waals surface area contributed by atoms with Crippen LogP contribution in [0.3, 0.4) is 0 Å².